The topological polar surface area (TPSA) is 0 Å². The van der Waals surface area contributed by atoms with Gasteiger partial charge in [-0.2, -0.15) is 0 Å². The Morgan fingerprint density at radius 2 is 1.37 bits per heavy atom. The third kappa shape index (κ3) is 4.38. The molecule has 0 aromatic heterocycles. The van der Waals surface area contributed by atoms with E-state index in [0.29, 0.717) is 4.28 Å². The van der Waals surface area contributed by atoms with E-state index in [1.165, 1.54) is 26.4 Å². The summed E-state index contributed by atoms with van der Waals surface area (Å²) >= 11 is -1.23. The first-order valence-electron chi connectivity index (χ1n) is 8.17. The largest absolute Gasteiger partial charge is 0.272 e. The highest BCUT2D eigenvalue weighted by Crippen LogP contribution is 2.36. The van der Waals surface area contributed by atoms with Crippen molar-refractivity contribution in [3.8, 4) is 0 Å². The summed E-state index contributed by atoms with van der Waals surface area (Å²) in [6, 6.07) is 11.4. The molecule has 1 aromatic rings. The first kappa shape index (κ1) is 17.3. The van der Waals surface area contributed by atoms with E-state index in [9.17, 15) is 0 Å². The second-order valence-electron chi connectivity index (χ2n) is 6.18. The molecule has 1 aromatic carbocycles. The van der Waals surface area contributed by atoms with Crippen molar-refractivity contribution in [2.24, 2.45) is 0 Å². The molecule has 0 aliphatic carbocycles. The number of hydrogen-bond donors (Lipinski definition) is 0. The van der Waals surface area contributed by atoms with Gasteiger partial charge in [-0.3, -0.25) is 0 Å². The molecule has 0 saturated carbocycles. The maximum atomic E-state index is 2.59. The van der Waals surface area contributed by atoms with Crippen molar-refractivity contribution in [3.63, 3.8) is 0 Å². The van der Waals surface area contributed by atoms with Gasteiger partial charge in [0.25, 0.3) is 28.3 Å². The minimum atomic E-state index is -0.698. The fourth-order valence-electron chi connectivity index (χ4n) is 3.71. The molecule has 2 heteroatoms. The number of benzene rings is 1. The molecule has 0 heterocycles. The van der Waals surface area contributed by atoms with Gasteiger partial charge in [0, 0.05) is 0 Å². The molecule has 1 rings (SSSR count). The van der Waals surface area contributed by atoms with E-state index >= 15 is 0 Å². The van der Waals surface area contributed by atoms with Crippen molar-refractivity contribution >= 4 is 28.3 Å². The van der Waals surface area contributed by atoms with E-state index < -0.39 is 28.3 Å². The van der Waals surface area contributed by atoms with Gasteiger partial charge in [-0.1, -0.05) is 101 Å². The van der Waals surface area contributed by atoms with Crippen LogP contribution in [-0.4, -0.2) is 28.3 Å². The molecule has 0 fully saturated rings. The molecule has 0 N–H and O–H groups in total. The van der Waals surface area contributed by atoms with E-state index in [2.05, 4.69) is 65.0 Å². The van der Waals surface area contributed by atoms with Crippen LogP contribution in [0.3, 0.4) is 0 Å². The molecule has 1 atom stereocenters. The summed E-state index contributed by atoms with van der Waals surface area (Å²) in [4.78, 5) is 0. The minimum Gasteiger partial charge on any atom is -0.0967 e. The maximum Gasteiger partial charge on any atom is 0.272 e. The van der Waals surface area contributed by atoms with Gasteiger partial charge >= 0.3 is 0 Å². The molecule has 0 saturated heterocycles. The Labute approximate surface area is 129 Å². The Bertz CT molecular complexity index is 342. The van der Waals surface area contributed by atoms with E-state index in [0.717, 1.165) is 0 Å². The summed E-state index contributed by atoms with van der Waals surface area (Å²) < 4.78 is 0.535. The van der Waals surface area contributed by atoms with Crippen molar-refractivity contribution < 1.29 is 0 Å². The van der Waals surface area contributed by atoms with Crippen molar-refractivity contribution in [3.05, 3.63) is 35.9 Å². The number of hydrogen-bond acceptors (Lipinski definition) is 0. The van der Waals surface area contributed by atoms with E-state index in [4.69, 9.17) is 0 Å². The van der Waals surface area contributed by atoms with E-state index in [1.807, 2.05) is 0 Å². The Morgan fingerprint density at radius 3 is 1.79 bits per heavy atom. The predicted molar refractivity (Wildman–Crippen MR) is 92.0 cm³/mol. The van der Waals surface area contributed by atoms with Crippen LogP contribution in [-0.2, 0) is 4.28 Å². The molecule has 19 heavy (non-hydrogen) atoms. The van der Waals surface area contributed by atoms with Gasteiger partial charge in [0.1, 0.15) is 0 Å². The van der Waals surface area contributed by atoms with Crippen LogP contribution in [0.4, 0.5) is 0 Å². The molecule has 0 aliphatic rings. The zero-order valence-electron chi connectivity index (χ0n) is 13.6. The van der Waals surface area contributed by atoms with E-state index in [1.54, 1.807) is 5.56 Å². The lowest BCUT2D eigenvalue weighted by molar-refractivity contribution is 0.711. The Kier molecular flexibility index (Phi) is 7.80. The smallest absolute Gasteiger partial charge is 0.0967 e. The van der Waals surface area contributed by atoms with Gasteiger partial charge < -0.3 is 0 Å². The second-order valence-corrected chi connectivity index (χ2v) is 14.3. The summed E-state index contributed by atoms with van der Waals surface area (Å²) in [7, 11) is 0. The molecule has 1 unspecified atom stereocenters. The summed E-state index contributed by atoms with van der Waals surface area (Å²) in [5, 5.41) is 7.34. The van der Waals surface area contributed by atoms with Crippen molar-refractivity contribution in [1.29, 1.82) is 0 Å². The first-order valence-corrected chi connectivity index (χ1v) is 12.8. The molecule has 0 aliphatic heterocycles. The van der Waals surface area contributed by atoms with Crippen LogP contribution in [0.5, 0.6) is 0 Å². The number of rotatable bonds is 8. The van der Waals surface area contributed by atoms with Gasteiger partial charge in [0.15, 0.2) is 0 Å². The Balaban J connectivity index is 3.09. The third-order valence-corrected chi connectivity index (χ3v) is 13.7. The molecule has 0 bridgehead atoms. The van der Waals surface area contributed by atoms with Crippen LogP contribution in [0.15, 0.2) is 30.3 Å². The monoisotopic (exact) mass is 288 g/mol. The zero-order valence-corrected chi connectivity index (χ0v) is 15.9. The highest BCUT2D eigenvalue weighted by atomic mass is 27.2. The summed E-state index contributed by atoms with van der Waals surface area (Å²) in [5.74, 6) is 0. The predicted octanol–water partition coefficient (Wildman–Crippen LogP) is 5.55. The molecule has 104 valence electrons. The molecular weight excluding hydrogens is 258 g/mol. The van der Waals surface area contributed by atoms with Crippen molar-refractivity contribution in [2.45, 2.75) is 65.3 Å². The molecule has 0 radical (unpaired) electrons. The quantitative estimate of drug-likeness (QED) is 0.550. The maximum absolute atomic E-state index is 2.59. The molecule has 0 nitrogen and oxygen atoms in total. The van der Waals surface area contributed by atoms with Gasteiger partial charge in [0.2, 0.25) is 0 Å². The summed E-state index contributed by atoms with van der Waals surface area (Å²) in [6.07, 6.45) is 0. The zero-order chi connectivity index (χ0) is 14.3. The lowest BCUT2D eigenvalue weighted by Crippen LogP contribution is -2.42. The average Bonchev–Trinajstić information content (AvgIpc) is 2.47. The SMILES string of the molecule is C[CH2][Al]([CH2]C)[CH2][C](C)(c1ccccc1)[Al]([CH2]C)[CH2]C. The van der Waals surface area contributed by atoms with Crippen LogP contribution < -0.4 is 0 Å². The van der Waals surface area contributed by atoms with Crippen molar-refractivity contribution in [2.75, 3.05) is 0 Å². The fourth-order valence-corrected chi connectivity index (χ4v) is 11.7. The van der Waals surface area contributed by atoms with Crippen LogP contribution >= 0.6 is 0 Å². The lowest BCUT2D eigenvalue weighted by Gasteiger charge is -2.37. The lowest BCUT2D eigenvalue weighted by atomic mass is 10.0. The average molecular weight is 288 g/mol. The third-order valence-electron chi connectivity index (χ3n) is 5.19. The highest BCUT2D eigenvalue weighted by Gasteiger charge is 2.39. The Hall–Kier alpha value is 0.285. The van der Waals surface area contributed by atoms with Crippen molar-refractivity contribution in [1.82, 2.24) is 0 Å². The molecular formula is C17H30Al2. The Morgan fingerprint density at radius 1 is 0.842 bits per heavy atom. The first-order chi connectivity index (χ1) is 9.12. The normalized spacial score (nSPS) is 13.9. The van der Waals surface area contributed by atoms with Gasteiger partial charge in [-0.25, -0.2) is 0 Å². The van der Waals surface area contributed by atoms with Gasteiger partial charge in [-0.15, -0.1) is 0 Å². The summed E-state index contributed by atoms with van der Waals surface area (Å²) in [6.45, 7) is 12.3. The van der Waals surface area contributed by atoms with Crippen LogP contribution in [0, 0.1) is 0 Å². The highest BCUT2D eigenvalue weighted by molar-refractivity contribution is 6.67. The van der Waals surface area contributed by atoms with E-state index in [-0.39, 0.29) is 0 Å². The van der Waals surface area contributed by atoms with Crippen LogP contribution in [0.2, 0.25) is 26.4 Å². The minimum absolute atomic E-state index is 0.535. The van der Waals surface area contributed by atoms with Gasteiger partial charge in [0.05, 0.1) is 0 Å². The standard InChI is InChI=1S/C9H10.4C2H5.2Al/c1-8(2)9-6-4-3-5-7-9;4*1-2;;/h3-7H,1H2,2H3;4*1H2,2H3;;. The van der Waals surface area contributed by atoms with Gasteiger partial charge in [-0.05, 0) is 0 Å². The fraction of sp³-hybridized carbons (Fsp3) is 0.647. The molecule has 0 spiro atoms. The van der Waals surface area contributed by atoms with Crippen LogP contribution in [0.25, 0.3) is 0 Å². The summed E-state index contributed by atoms with van der Waals surface area (Å²) in [5.41, 5.74) is 1.63. The molecule has 0 amide bonds. The van der Waals surface area contributed by atoms with Crippen LogP contribution in [0.1, 0.15) is 40.2 Å². The second kappa shape index (κ2) is 8.54.